The molecule has 0 aromatic rings. The van der Waals surface area contributed by atoms with E-state index >= 15 is 0 Å². The summed E-state index contributed by atoms with van der Waals surface area (Å²) >= 11 is 0. The van der Waals surface area contributed by atoms with Crippen LogP contribution in [0.4, 0.5) is 17.6 Å². The fourth-order valence-electron chi connectivity index (χ4n) is 1.88. The maximum Gasteiger partial charge on any atom is 0.383 e. The number of hydrogen-bond acceptors (Lipinski definition) is 2. The molecule has 1 unspecified atom stereocenters. The Morgan fingerprint density at radius 2 is 2.00 bits per heavy atom. The van der Waals surface area contributed by atoms with Crippen LogP contribution >= 0.6 is 0 Å². The van der Waals surface area contributed by atoms with Crippen molar-refractivity contribution in [1.82, 2.24) is 9.80 Å². The molecule has 1 rings (SSSR count). The zero-order valence-electron chi connectivity index (χ0n) is 9.80. The molecule has 3 nitrogen and oxygen atoms in total. The second-order valence-electron chi connectivity index (χ2n) is 4.22. The molecule has 1 saturated heterocycles. The molecule has 0 aromatic heterocycles. The SMILES string of the molecule is CCC1CN(C(=O)C(F)(F)C(F)F)CCN1C. The van der Waals surface area contributed by atoms with E-state index in [0.717, 1.165) is 4.90 Å². The number of hydrogen-bond donors (Lipinski definition) is 0. The minimum absolute atomic E-state index is 0.0545. The summed E-state index contributed by atoms with van der Waals surface area (Å²) in [6.07, 6.45) is -3.27. The van der Waals surface area contributed by atoms with Gasteiger partial charge in [-0.3, -0.25) is 9.69 Å². The second kappa shape index (κ2) is 5.20. The summed E-state index contributed by atoms with van der Waals surface area (Å²) in [4.78, 5) is 14.1. The minimum atomic E-state index is -4.58. The van der Waals surface area contributed by atoms with Crippen LogP contribution in [0.2, 0.25) is 0 Å². The molecule has 1 aliphatic heterocycles. The number of amides is 1. The lowest BCUT2D eigenvalue weighted by molar-refractivity contribution is -0.183. The van der Waals surface area contributed by atoms with Crippen LogP contribution in [0.5, 0.6) is 0 Å². The predicted molar refractivity (Wildman–Crippen MR) is 54.2 cm³/mol. The normalized spacial score (nSPS) is 23.2. The van der Waals surface area contributed by atoms with Gasteiger partial charge in [0, 0.05) is 25.7 Å². The topological polar surface area (TPSA) is 23.6 Å². The largest absolute Gasteiger partial charge is 0.383 e. The molecule has 0 spiro atoms. The molecule has 0 N–H and O–H groups in total. The van der Waals surface area contributed by atoms with Crippen LogP contribution in [0, 0.1) is 0 Å². The third-order valence-corrected chi connectivity index (χ3v) is 3.09. The molecule has 1 amide bonds. The summed E-state index contributed by atoms with van der Waals surface area (Å²) in [7, 11) is 1.82. The van der Waals surface area contributed by atoms with Gasteiger partial charge in [0.25, 0.3) is 5.91 Å². The Morgan fingerprint density at radius 3 is 2.47 bits per heavy atom. The van der Waals surface area contributed by atoms with E-state index in [2.05, 4.69) is 0 Å². The Kier molecular flexibility index (Phi) is 4.35. The van der Waals surface area contributed by atoms with Crippen molar-refractivity contribution in [2.24, 2.45) is 0 Å². The van der Waals surface area contributed by atoms with Gasteiger partial charge in [0.05, 0.1) is 0 Å². The Morgan fingerprint density at radius 1 is 1.41 bits per heavy atom. The van der Waals surface area contributed by atoms with Crippen molar-refractivity contribution in [3.05, 3.63) is 0 Å². The zero-order valence-corrected chi connectivity index (χ0v) is 9.80. The Labute approximate surface area is 97.4 Å². The fraction of sp³-hybridized carbons (Fsp3) is 0.900. The number of carbonyl (C=O) groups is 1. The quantitative estimate of drug-likeness (QED) is 0.713. The number of piperazine rings is 1. The van der Waals surface area contributed by atoms with Gasteiger partial charge in [-0.2, -0.15) is 8.78 Å². The average molecular weight is 256 g/mol. The summed E-state index contributed by atoms with van der Waals surface area (Å²) in [5.74, 6) is -6.34. The number of carbonyl (C=O) groups excluding carboxylic acids is 1. The van der Waals surface area contributed by atoms with E-state index < -0.39 is 18.3 Å². The van der Waals surface area contributed by atoms with E-state index in [9.17, 15) is 22.4 Å². The third-order valence-electron chi connectivity index (χ3n) is 3.09. The summed E-state index contributed by atoms with van der Waals surface area (Å²) in [6.45, 7) is 2.42. The Hall–Kier alpha value is -0.850. The van der Waals surface area contributed by atoms with E-state index in [1.807, 2.05) is 18.9 Å². The maximum absolute atomic E-state index is 12.9. The highest BCUT2D eigenvalue weighted by Gasteiger charge is 2.51. The van der Waals surface area contributed by atoms with Crippen LogP contribution in [0.25, 0.3) is 0 Å². The molecule has 0 bridgehead atoms. The molecule has 0 radical (unpaired) electrons. The van der Waals surface area contributed by atoms with Crippen molar-refractivity contribution < 1.29 is 22.4 Å². The second-order valence-corrected chi connectivity index (χ2v) is 4.22. The molecule has 17 heavy (non-hydrogen) atoms. The van der Waals surface area contributed by atoms with Crippen LogP contribution in [-0.2, 0) is 4.79 Å². The number of alkyl halides is 4. The monoisotopic (exact) mass is 256 g/mol. The van der Waals surface area contributed by atoms with Crippen molar-refractivity contribution in [2.75, 3.05) is 26.7 Å². The highest BCUT2D eigenvalue weighted by molar-refractivity contribution is 5.84. The van der Waals surface area contributed by atoms with Crippen LogP contribution in [0.3, 0.4) is 0 Å². The molecular formula is C10H16F4N2O. The van der Waals surface area contributed by atoms with E-state index in [4.69, 9.17) is 0 Å². The molecule has 100 valence electrons. The van der Waals surface area contributed by atoms with Gasteiger partial charge in [0.1, 0.15) is 0 Å². The molecule has 1 atom stereocenters. The minimum Gasteiger partial charge on any atom is -0.334 e. The Balaban J connectivity index is 2.71. The molecule has 7 heteroatoms. The van der Waals surface area contributed by atoms with Crippen LogP contribution < -0.4 is 0 Å². The van der Waals surface area contributed by atoms with Gasteiger partial charge in [0.15, 0.2) is 0 Å². The first kappa shape index (κ1) is 14.2. The highest BCUT2D eigenvalue weighted by Crippen LogP contribution is 2.26. The number of nitrogens with zero attached hydrogens (tertiary/aromatic N) is 2. The van der Waals surface area contributed by atoms with Gasteiger partial charge in [-0.25, -0.2) is 8.78 Å². The molecule has 1 heterocycles. The van der Waals surface area contributed by atoms with E-state index in [-0.39, 0.29) is 19.1 Å². The molecule has 0 aliphatic carbocycles. The molecule has 1 aliphatic rings. The first-order valence-electron chi connectivity index (χ1n) is 5.46. The van der Waals surface area contributed by atoms with Crippen LogP contribution in [-0.4, -0.2) is 60.8 Å². The molecule has 1 fully saturated rings. The lowest BCUT2D eigenvalue weighted by Gasteiger charge is -2.40. The van der Waals surface area contributed by atoms with E-state index in [1.165, 1.54) is 0 Å². The standard InChI is InChI=1S/C10H16F4N2O/c1-3-7-6-16(5-4-15(7)2)9(17)10(13,14)8(11)12/h7-8H,3-6H2,1-2H3. The van der Waals surface area contributed by atoms with Crippen LogP contribution in [0.1, 0.15) is 13.3 Å². The zero-order chi connectivity index (χ0) is 13.2. The summed E-state index contributed by atoms with van der Waals surface area (Å²) in [6, 6.07) is -0.0545. The van der Waals surface area contributed by atoms with Gasteiger partial charge in [0.2, 0.25) is 0 Å². The van der Waals surface area contributed by atoms with Crippen molar-refractivity contribution in [2.45, 2.75) is 31.7 Å². The number of likely N-dealkylation sites (N-methyl/N-ethyl adjacent to an activating group) is 1. The van der Waals surface area contributed by atoms with Crippen molar-refractivity contribution in [3.63, 3.8) is 0 Å². The van der Waals surface area contributed by atoms with Gasteiger partial charge < -0.3 is 4.90 Å². The van der Waals surface area contributed by atoms with Crippen molar-refractivity contribution in [1.29, 1.82) is 0 Å². The lowest BCUT2D eigenvalue weighted by Crippen LogP contribution is -2.57. The average Bonchev–Trinajstić information content (AvgIpc) is 2.28. The van der Waals surface area contributed by atoms with Crippen LogP contribution in [0.15, 0.2) is 0 Å². The number of halogens is 4. The van der Waals surface area contributed by atoms with Gasteiger partial charge >= 0.3 is 12.3 Å². The van der Waals surface area contributed by atoms with Gasteiger partial charge in [-0.1, -0.05) is 6.92 Å². The van der Waals surface area contributed by atoms with E-state index in [0.29, 0.717) is 13.0 Å². The smallest absolute Gasteiger partial charge is 0.334 e. The highest BCUT2D eigenvalue weighted by atomic mass is 19.3. The summed E-state index contributed by atoms with van der Waals surface area (Å²) in [5.41, 5.74) is 0. The summed E-state index contributed by atoms with van der Waals surface area (Å²) in [5, 5.41) is 0. The molecule has 0 aromatic carbocycles. The predicted octanol–water partition coefficient (Wildman–Crippen LogP) is 1.44. The van der Waals surface area contributed by atoms with Gasteiger partial charge in [-0.05, 0) is 13.5 Å². The van der Waals surface area contributed by atoms with Gasteiger partial charge in [-0.15, -0.1) is 0 Å². The van der Waals surface area contributed by atoms with Crippen molar-refractivity contribution in [3.8, 4) is 0 Å². The Bertz CT molecular complexity index is 285. The number of rotatable bonds is 3. The maximum atomic E-state index is 12.9. The summed E-state index contributed by atoms with van der Waals surface area (Å²) < 4.78 is 49.9. The first-order valence-corrected chi connectivity index (χ1v) is 5.46. The first-order chi connectivity index (χ1) is 7.80. The van der Waals surface area contributed by atoms with Crippen molar-refractivity contribution >= 4 is 5.91 Å². The molecule has 0 saturated carbocycles. The molecular weight excluding hydrogens is 240 g/mol. The van der Waals surface area contributed by atoms with E-state index in [1.54, 1.807) is 0 Å². The third kappa shape index (κ3) is 2.88. The fourth-order valence-corrected chi connectivity index (χ4v) is 1.88. The lowest BCUT2D eigenvalue weighted by atomic mass is 10.1.